The number of pyridine rings is 1. The lowest BCUT2D eigenvalue weighted by Crippen LogP contribution is -2.42. The summed E-state index contributed by atoms with van der Waals surface area (Å²) in [4.78, 5) is 40.9. The van der Waals surface area contributed by atoms with Crippen LogP contribution in [0.2, 0.25) is 0 Å². The highest BCUT2D eigenvalue weighted by Crippen LogP contribution is 2.17. The zero-order valence-corrected chi connectivity index (χ0v) is 18.2. The van der Waals surface area contributed by atoms with Gasteiger partial charge in [-0.3, -0.25) is 14.6 Å². The molecular weight excluding hydrogens is 422 g/mol. The Morgan fingerprint density at radius 2 is 1.82 bits per heavy atom. The van der Waals surface area contributed by atoms with Gasteiger partial charge in [-0.1, -0.05) is 42.5 Å². The molecule has 2 amide bonds. The second kappa shape index (κ2) is 11.4. The van der Waals surface area contributed by atoms with Crippen LogP contribution in [0.25, 0.3) is 11.3 Å². The molecule has 8 nitrogen and oxygen atoms in total. The van der Waals surface area contributed by atoms with Crippen molar-refractivity contribution in [3.8, 4) is 17.0 Å². The van der Waals surface area contributed by atoms with Crippen molar-refractivity contribution in [2.75, 3.05) is 7.11 Å². The van der Waals surface area contributed by atoms with Gasteiger partial charge in [0.1, 0.15) is 18.4 Å². The number of primary amides is 1. The van der Waals surface area contributed by atoms with Gasteiger partial charge in [0.05, 0.1) is 18.4 Å². The number of carbonyl (C=O) groups is 3. The number of hydrogen-bond acceptors (Lipinski definition) is 6. The van der Waals surface area contributed by atoms with Crippen LogP contribution in [-0.2, 0) is 20.9 Å². The molecule has 3 aromatic rings. The Morgan fingerprint density at radius 1 is 1.03 bits per heavy atom. The number of ether oxygens (including phenoxy) is 2. The number of nitrogens with two attached hydrogens (primary N) is 1. The van der Waals surface area contributed by atoms with Crippen molar-refractivity contribution in [1.29, 1.82) is 0 Å². The van der Waals surface area contributed by atoms with Gasteiger partial charge in [0.25, 0.3) is 5.91 Å². The standard InChI is InChI=1S/C25H25N3O5/c1-32-20-9-5-6-17(14-20)16-33-25(31)22(12-13-23(26)29)28-24(30)19-10-11-21(27-15-19)18-7-3-2-4-8-18/h2-11,14-15,22H,12-13,16H2,1H3,(H2,26,29)(H,28,30)/t22-/m0/s1. The first-order valence-electron chi connectivity index (χ1n) is 10.4. The van der Waals surface area contributed by atoms with E-state index in [0.29, 0.717) is 5.75 Å². The van der Waals surface area contributed by atoms with Crippen molar-refractivity contribution >= 4 is 17.8 Å². The third kappa shape index (κ3) is 6.90. The molecule has 0 bridgehead atoms. The Labute approximate surface area is 191 Å². The van der Waals surface area contributed by atoms with Crippen LogP contribution in [-0.4, -0.2) is 35.9 Å². The summed E-state index contributed by atoms with van der Waals surface area (Å²) in [6.07, 6.45) is 1.38. The molecule has 0 aliphatic rings. The Kier molecular flexibility index (Phi) is 8.13. The average Bonchev–Trinajstić information content (AvgIpc) is 2.85. The maximum absolute atomic E-state index is 12.7. The van der Waals surface area contributed by atoms with Crippen LogP contribution in [0.4, 0.5) is 0 Å². The fourth-order valence-corrected chi connectivity index (χ4v) is 3.10. The molecule has 1 heterocycles. The van der Waals surface area contributed by atoms with Crippen LogP contribution >= 0.6 is 0 Å². The lowest BCUT2D eigenvalue weighted by molar-refractivity contribution is -0.147. The lowest BCUT2D eigenvalue weighted by atomic mass is 10.1. The predicted molar refractivity (Wildman–Crippen MR) is 122 cm³/mol. The molecule has 33 heavy (non-hydrogen) atoms. The topological polar surface area (TPSA) is 121 Å². The van der Waals surface area contributed by atoms with Crippen molar-refractivity contribution in [2.24, 2.45) is 5.73 Å². The molecular formula is C25H25N3O5. The van der Waals surface area contributed by atoms with Gasteiger partial charge >= 0.3 is 5.97 Å². The number of amides is 2. The van der Waals surface area contributed by atoms with Gasteiger partial charge in [0.2, 0.25) is 5.91 Å². The van der Waals surface area contributed by atoms with E-state index in [0.717, 1.165) is 16.8 Å². The maximum atomic E-state index is 12.7. The molecule has 0 fully saturated rings. The predicted octanol–water partition coefficient (Wildman–Crippen LogP) is 2.86. The summed E-state index contributed by atoms with van der Waals surface area (Å²) < 4.78 is 10.5. The van der Waals surface area contributed by atoms with E-state index in [2.05, 4.69) is 10.3 Å². The Bertz CT molecular complexity index is 1100. The maximum Gasteiger partial charge on any atom is 0.328 e. The van der Waals surface area contributed by atoms with Gasteiger partial charge in [0, 0.05) is 18.2 Å². The normalized spacial score (nSPS) is 11.3. The number of benzene rings is 2. The number of nitrogens with zero attached hydrogens (tertiary/aromatic N) is 1. The molecule has 1 aromatic heterocycles. The number of carbonyl (C=O) groups excluding carboxylic acids is 3. The monoisotopic (exact) mass is 447 g/mol. The first-order valence-corrected chi connectivity index (χ1v) is 10.4. The summed E-state index contributed by atoms with van der Waals surface area (Å²) in [5.41, 5.74) is 7.87. The van der Waals surface area contributed by atoms with Crippen LogP contribution in [0.15, 0.2) is 72.9 Å². The highest BCUT2D eigenvalue weighted by Gasteiger charge is 2.24. The van der Waals surface area contributed by atoms with E-state index >= 15 is 0 Å². The fraction of sp³-hybridized carbons (Fsp3) is 0.200. The number of nitrogens with one attached hydrogen (secondary N) is 1. The van der Waals surface area contributed by atoms with Gasteiger partial charge in [-0.05, 0) is 36.2 Å². The lowest BCUT2D eigenvalue weighted by Gasteiger charge is -2.17. The smallest absolute Gasteiger partial charge is 0.328 e. The van der Waals surface area contributed by atoms with Crippen LogP contribution in [0.1, 0.15) is 28.8 Å². The highest BCUT2D eigenvalue weighted by atomic mass is 16.5. The minimum Gasteiger partial charge on any atom is -0.497 e. The van der Waals surface area contributed by atoms with Crippen LogP contribution in [0, 0.1) is 0 Å². The molecule has 3 rings (SSSR count). The first-order chi connectivity index (χ1) is 16.0. The second-order valence-electron chi connectivity index (χ2n) is 7.29. The van der Waals surface area contributed by atoms with Crippen molar-refractivity contribution in [2.45, 2.75) is 25.5 Å². The first kappa shape index (κ1) is 23.5. The van der Waals surface area contributed by atoms with E-state index in [-0.39, 0.29) is 25.0 Å². The summed E-state index contributed by atoms with van der Waals surface area (Å²) in [6.45, 7) is -0.00764. The van der Waals surface area contributed by atoms with Crippen molar-refractivity contribution < 1.29 is 23.9 Å². The van der Waals surface area contributed by atoms with Crippen LogP contribution in [0.5, 0.6) is 5.75 Å². The fourth-order valence-electron chi connectivity index (χ4n) is 3.10. The third-order valence-corrected chi connectivity index (χ3v) is 4.88. The Hall–Kier alpha value is -4.20. The van der Waals surface area contributed by atoms with E-state index in [1.807, 2.05) is 30.3 Å². The quantitative estimate of drug-likeness (QED) is 0.461. The molecule has 0 aliphatic heterocycles. The minimum absolute atomic E-state index is 0.00764. The van der Waals surface area contributed by atoms with Crippen LogP contribution < -0.4 is 15.8 Å². The van der Waals surface area contributed by atoms with Crippen molar-refractivity contribution in [1.82, 2.24) is 10.3 Å². The Balaban J connectivity index is 1.66. The second-order valence-corrected chi connectivity index (χ2v) is 7.29. The van der Waals surface area contributed by atoms with Gasteiger partial charge in [-0.15, -0.1) is 0 Å². The summed E-state index contributed by atoms with van der Waals surface area (Å²) >= 11 is 0. The molecule has 3 N–H and O–H groups in total. The third-order valence-electron chi connectivity index (χ3n) is 4.88. The van der Waals surface area contributed by atoms with E-state index in [9.17, 15) is 14.4 Å². The van der Waals surface area contributed by atoms with E-state index < -0.39 is 23.8 Å². The summed E-state index contributed by atoms with van der Waals surface area (Å²) in [5.74, 6) is -1.12. The van der Waals surface area contributed by atoms with E-state index in [4.69, 9.17) is 15.2 Å². The molecule has 0 unspecified atom stereocenters. The summed E-state index contributed by atoms with van der Waals surface area (Å²) in [7, 11) is 1.54. The zero-order valence-electron chi connectivity index (χ0n) is 18.2. The number of rotatable bonds is 10. The highest BCUT2D eigenvalue weighted by molar-refractivity contribution is 5.96. The molecule has 0 saturated carbocycles. The zero-order chi connectivity index (χ0) is 23.6. The molecule has 170 valence electrons. The molecule has 8 heteroatoms. The van der Waals surface area contributed by atoms with E-state index in [1.165, 1.54) is 6.20 Å². The average molecular weight is 447 g/mol. The molecule has 1 atom stereocenters. The van der Waals surface area contributed by atoms with Crippen molar-refractivity contribution in [3.05, 3.63) is 84.1 Å². The van der Waals surface area contributed by atoms with Gasteiger partial charge < -0.3 is 20.5 Å². The van der Waals surface area contributed by atoms with Gasteiger partial charge in [0.15, 0.2) is 0 Å². The van der Waals surface area contributed by atoms with Gasteiger partial charge in [-0.2, -0.15) is 0 Å². The summed E-state index contributed by atoms with van der Waals surface area (Å²) in [6, 6.07) is 18.9. The molecule has 0 aliphatic carbocycles. The minimum atomic E-state index is -1.04. The number of methoxy groups -OCH3 is 1. The van der Waals surface area contributed by atoms with Crippen molar-refractivity contribution in [3.63, 3.8) is 0 Å². The van der Waals surface area contributed by atoms with Gasteiger partial charge in [-0.25, -0.2) is 4.79 Å². The Morgan fingerprint density at radius 3 is 2.48 bits per heavy atom. The number of hydrogen-bond donors (Lipinski definition) is 2. The SMILES string of the molecule is COc1cccc(COC(=O)[C@H](CCC(N)=O)NC(=O)c2ccc(-c3ccccc3)nc2)c1. The van der Waals surface area contributed by atoms with E-state index in [1.54, 1.807) is 43.5 Å². The largest absolute Gasteiger partial charge is 0.497 e. The van der Waals surface area contributed by atoms with Crippen LogP contribution in [0.3, 0.4) is 0 Å². The molecule has 0 radical (unpaired) electrons. The number of aromatic nitrogens is 1. The molecule has 2 aromatic carbocycles. The summed E-state index contributed by atoms with van der Waals surface area (Å²) in [5, 5.41) is 2.62. The number of esters is 1. The molecule has 0 spiro atoms. The molecule has 0 saturated heterocycles.